The summed E-state index contributed by atoms with van der Waals surface area (Å²) in [6.45, 7) is 37.9. The average molecular weight is 2000 g/mol. The molecule has 4 aliphatic carbocycles. The number of halogens is 11. The maximum absolute atomic E-state index is 16.0. The van der Waals surface area contributed by atoms with E-state index < -0.39 is 80.7 Å². The zero-order valence-corrected chi connectivity index (χ0v) is 84.4. The number of carbonyl (C=O) groups is 8. The van der Waals surface area contributed by atoms with Gasteiger partial charge in [0.2, 0.25) is 0 Å². The second-order valence-electron chi connectivity index (χ2n) is 41.0. The van der Waals surface area contributed by atoms with Crippen molar-refractivity contribution in [1.29, 1.82) is 0 Å². The van der Waals surface area contributed by atoms with E-state index in [0.717, 1.165) is 137 Å². The standard InChI is InChI=1S/C27H29F3N2O3S.C27H29F2NO3S.C26H26F3NO4S.C26H26F3NO3S/c1-25(2)9-10-26(3,4)19-14-20(32(5)6)16(13-18(19)25)17-11-15(7-8-21(17)35-27(28,29)30)12-22-23(33)31-24(34)36-22;1-7-33-23-19(28)11-15(12-20-24(31)30-25(32)34-20)22(29)21(23)16-13-18-17(10-14(16)2)26(3,4)8-9-27(18,5)6;1-24(2)8-9-25(3,4)18-13-20(33-5)16(12-17(18)24)15-10-14(6-7-19(15)34-26(27,28)29)11-21-22(31)30-23(32)35-21;1-24(2)8-9-25(3,4)19-13-17(26(27,28)29)15(12-18(19)24)16-10-14(6-7-20(16)33-5)11-21-22(31)30-23(32)34-21/h7-8,11-14H,9-10H2,1-6H3,(H,31,33,34);10-13H,7-9H2,1-6H3,(H,30,31,32);6-7,10-13H,8-9H2,1-5H3,(H,30,31,32);6-7,10-13H,8-9H2,1-5H3,(H,30,31,32)/b22-12-;20-12-;2*21-11-. The number of alkyl halides is 9. The third kappa shape index (κ3) is 22.7. The Morgan fingerprint density at radius 1 is 0.367 bits per heavy atom. The molecule has 33 heteroatoms. The highest BCUT2D eigenvalue weighted by Crippen LogP contribution is 2.57. The molecule has 4 fully saturated rings. The smallest absolute Gasteiger partial charge is 0.496 e. The molecule has 4 N–H and O–H groups in total. The van der Waals surface area contributed by atoms with Gasteiger partial charge >= 0.3 is 18.9 Å². The van der Waals surface area contributed by atoms with Crippen LogP contribution >= 0.6 is 47.0 Å². The maximum atomic E-state index is 16.0. The Morgan fingerprint density at radius 3 is 1.01 bits per heavy atom. The summed E-state index contributed by atoms with van der Waals surface area (Å²) in [5, 5.41) is 6.66. The number of nitrogens with zero attached hydrogens (tertiary/aromatic N) is 1. The first-order valence-corrected chi connectivity index (χ1v) is 48.3. The molecule has 18 nitrogen and oxygen atoms in total. The fourth-order valence-electron chi connectivity index (χ4n) is 18.9. The first kappa shape index (κ1) is 105. The van der Waals surface area contributed by atoms with E-state index in [0.29, 0.717) is 56.6 Å². The van der Waals surface area contributed by atoms with Crippen LogP contribution in [0.3, 0.4) is 0 Å². The zero-order valence-electron chi connectivity index (χ0n) is 81.1. The number of hydrogen-bond acceptors (Lipinski definition) is 18. The van der Waals surface area contributed by atoms with Gasteiger partial charge in [-0.1, -0.05) is 135 Å². The minimum absolute atomic E-state index is 0.0171. The molecule has 0 bridgehead atoms. The number of amides is 8. The number of imide groups is 4. The number of rotatable bonds is 15. The van der Waals surface area contributed by atoms with Gasteiger partial charge in [0, 0.05) is 53.2 Å². The van der Waals surface area contributed by atoms with Crippen molar-refractivity contribution >= 4 is 122 Å². The van der Waals surface area contributed by atoms with Gasteiger partial charge in [-0.2, -0.15) is 13.2 Å². The number of thioether (sulfide) groups is 4. The van der Waals surface area contributed by atoms with E-state index >= 15 is 8.78 Å². The van der Waals surface area contributed by atoms with Crippen molar-refractivity contribution in [3.63, 3.8) is 0 Å². The second kappa shape index (κ2) is 38.6. The predicted octanol–water partition coefficient (Wildman–Crippen LogP) is 28.0. The molecule has 0 unspecified atom stereocenters. The molecule has 4 saturated heterocycles. The number of ether oxygens (including phenoxy) is 5. The number of nitrogens with one attached hydrogen (secondary N) is 4. The Labute approximate surface area is 817 Å². The topological polar surface area (TPSA) is 234 Å². The molecule has 8 aromatic rings. The Hall–Kier alpha value is -11.3. The highest BCUT2D eigenvalue weighted by Gasteiger charge is 2.47. The van der Waals surface area contributed by atoms with Crippen LogP contribution in [0.25, 0.3) is 68.8 Å². The minimum atomic E-state index is -4.90. The molecule has 139 heavy (non-hydrogen) atoms. The van der Waals surface area contributed by atoms with Crippen LogP contribution in [0.15, 0.2) is 129 Å². The third-order valence-electron chi connectivity index (χ3n) is 27.2. The molecule has 8 amide bonds. The Kier molecular flexibility index (Phi) is 29.2. The van der Waals surface area contributed by atoms with Crippen LogP contribution in [0.1, 0.15) is 247 Å². The van der Waals surface area contributed by atoms with Gasteiger partial charge in [0.1, 0.15) is 28.8 Å². The van der Waals surface area contributed by atoms with Gasteiger partial charge in [-0.25, -0.2) is 8.78 Å². The van der Waals surface area contributed by atoms with Crippen LogP contribution in [-0.4, -0.2) is 92.2 Å². The molecule has 16 rings (SSSR count). The maximum Gasteiger partial charge on any atom is 0.573 e. The highest BCUT2D eigenvalue weighted by atomic mass is 32.2. The quantitative estimate of drug-likeness (QED) is 0.0552. The average Bonchev–Trinajstić information content (AvgIpc) is 1.08. The van der Waals surface area contributed by atoms with E-state index in [1.807, 2.05) is 64.0 Å². The van der Waals surface area contributed by atoms with E-state index in [2.05, 4.69) is 140 Å². The van der Waals surface area contributed by atoms with E-state index in [9.17, 15) is 77.9 Å². The minimum Gasteiger partial charge on any atom is -0.496 e. The van der Waals surface area contributed by atoms with Gasteiger partial charge in [-0.05, 0) is 343 Å². The molecule has 0 radical (unpaired) electrons. The number of hydrogen-bond donors (Lipinski definition) is 4. The Morgan fingerprint density at radius 2 is 0.669 bits per heavy atom. The highest BCUT2D eigenvalue weighted by molar-refractivity contribution is 8.19. The van der Waals surface area contributed by atoms with Crippen molar-refractivity contribution in [2.24, 2.45) is 0 Å². The summed E-state index contributed by atoms with van der Waals surface area (Å²) in [6.07, 6.45) is -1.15. The molecule has 738 valence electrons. The van der Waals surface area contributed by atoms with Gasteiger partial charge in [-0.3, -0.25) is 59.6 Å². The lowest BCUT2D eigenvalue weighted by molar-refractivity contribution is -0.275. The predicted molar refractivity (Wildman–Crippen MR) is 527 cm³/mol. The zero-order chi connectivity index (χ0) is 102. The number of aryl methyl sites for hydroxylation is 1. The van der Waals surface area contributed by atoms with Gasteiger partial charge in [0.25, 0.3) is 44.6 Å². The number of benzene rings is 8. The molecule has 8 aliphatic rings. The molecular formula is C106H110F11N5O13S4. The van der Waals surface area contributed by atoms with Crippen LogP contribution in [0.5, 0.6) is 28.7 Å². The fraction of sp³-hybridized carbons (Fsp3) is 0.396. The van der Waals surface area contributed by atoms with Gasteiger partial charge in [0.05, 0.1) is 51.6 Å². The Balaban J connectivity index is 0.000000156. The Bertz CT molecular complexity index is 6550. The summed E-state index contributed by atoms with van der Waals surface area (Å²) in [5.41, 5.74) is 11.6. The lowest BCUT2D eigenvalue weighted by Gasteiger charge is -2.43. The largest absolute Gasteiger partial charge is 0.573 e. The summed E-state index contributed by atoms with van der Waals surface area (Å²) in [4.78, 5) is 96.5. The van der Waals surface area contributed by atoms with Crippen LogP contribution in [0.2, 0.25) is 0 Å². The number of fused-ring (bicyclic) bond motifs is 4. The molecule has 4 aliphatic heterocycles. The summed E-state index contributed by atoms with van der Waals surface area (Å²) < 4.78 is 180. The summed E-state index contributed by atoms with van der Waals surface area (Å²) in [5.74, 6) is -3.81. The van der Waals surface area contributed by atoms with Crippen LogP contribution in [0.4, 0.5) is 73.2 Å². The summed E-state index contributed by atoms with van der Waals surface area (Å²) >= 11 is 2.91. The molecule has 0 spiro atoms. The van der Waals surface area contributed by atoms with Crippen LogP contribution in [-0.2, 0) is 68.7 Å². The summed E-state index contributed by atoms with van der Waals surface area (Å²) in [7, 11) is 6.60. The van der Waals surface area contributed by atoms with E-state index in [4.69, 9.17) is 14.2 Å². The van der Waals surface area contributed by atoms with Crippen molar-refractivity contribution in [3.8, 4) is 73.3 Å². The number of carbonyl (C=O) groups excluding carboxylic acids is 8. The summed E-state index contributed by atoms with van der Waals surface area (Å²) in [6, 6.07) is 29.1. The van der Waals surface area contributed by atoms with Crippen LogP contribution in [0, 0.1) is 18.6 Å². The second-order valence-corrected chi connectivity index (χ2v) is 45.1. The first-order valence-electron chi connectivity index (χ1n) is 45.0. The molecule has 0 saturated carbocycles. The van der Waals surface area contributed by atoms with Crippen molar-refractivity contribution in [3.05, 3.63) is 218 Å². The van der Waals surface area contributed by atoms with Gasteiger partial charge < -0.3 is 28.6 Å². The van der Waals surface area contributed by atoms with Gasteiger partial charge in [-0.15, -0.1) is 26.3 Å². The van der Waals surface area contributed by atoms with E-state index in [1.54, 1.807) is 37.3 Å². The molecule has 4 heterocycles. The van der Waals surface area contributed by atoms with Crippen molar-refractivity contribution in [2.45, 2.75) is 238 Å². The first-order chi connectivity index (χ1) is 64.3. The molecular weight excluding hydrogens is 1890 g/mol. The van der Waals surface area contributed by atoms with Crippen molar-refractivity contribution in [2.75, 3.05) is 39.8 Å². The fourth-order valence-corrected chi connectivity index (χ4v) is 21.6. The lowest BCUT2D eigenvalue weighted by atomic mass is 9.62. The SMILES string of the molecule is CCOc1c(F)cc(/C=C2\SC(=O)NC2=O)c(F)c1-c1cc2c(cc1C)C(C)(C)CCC2(C)C.CN(C)c1cc2c(cc1-c1cc(/C=C3\SC(=O)NC3=O)ccc1OC(F)(F)F)C(C)(C)CCC2(C)C.COc1cc2c(cc1-c1cc(/C=C3\SC(=O)NC3=O)ccc1OC(F)(F)F)C(C)(C)CCC2(C)C.COc1ccc(/C=C2\SC(=O)NC2=O)cc1-c1cc2c(cc1C(F)(F)F)C(C)(C)CCC2(C)C. The van der Waals surface area contributed by atoms with Gasteiger partial charge in [0.15, 0.2) is 11.6 Å². The van der Waals surface area contributed by atoms with Crippen molar-refractivity contribution in [1.82, 2.24) is 21.3 Å². The lowest BCUT2D eigenvalue weighted by Crippen LogP contribution is -2.34. The monoisotopic (exact) mass is 2000 g/mol. The third-order valence-corrected chi connectivity index (χ3v) is 30.4. The number of anilines is 1. The van der Waals surface area contributed by atoms with E-state index in [-0.39, 0.29) is 120 Å². The van der Waals surface area contributed by atoms with E-state index in [1.165, 1.54) is 86.0 Å². The normalized spacial score (nSPS) is 19.9. The number of methoxy groups -OCH3 is 2. The molecule has 8 aromatic carbocycles. The molecule has 0 atom stereocenters. The molecule has 0 aromatic heterocycles. The van der Waals surface area contributed by atoms with Crippen molar-refractivity contribution < 1.29 is 110 Å². The van der Waals surface area contributed by atoms with Crippen LogP contribution < -0.4 is 49.9 Å².